The SMILES string of the molecule is CC(C)(C)OC(=O)NCc1nc2ccc(-c3ccccc3)cc2o1. The molecule has 0 bridgehead atoms. The molecule has 124 valence electrons. The van der Waals surface area contributed by atoms with Crippen LogP contribution in [-0.4, -0.2) is 16.7 Å². The number of nitrogens with one attached hydrogen (secondary N) is 1. The van der Waals surface area contributed by atoms with Crippen LogP contribution in [0.3, 0.4) is 0 Å². The largest absolute Gasteiger partial charge is 0.444 e. The maximum Gasteiger partial charge on any atom is 0.408 e. The molecular weight excluding hydrogens is 304 g/mol. The van der Waals surface area contributed by atoms with Gasteiger partial charge in [0.25, 0.3) is 0 Å². The lowest BCUT2D eigenvalue weighted by molar-refractivity contribution is 0.0519. The third-order valence-electron chi connectivity index (χ3n) is 3.32. The molecule has 0 saturated heterocycles. The molecule has 1 amide bonds. The lowest BCUT2D eigenvalue weighted by Gasteiger charge is -2.19. The number of hydrogen-bond donors (Lipinski definition) is 1. The Hall–Kier alpha value is -2.82. The number of aromatic nitrogens is 1. The number of hydrogen-bond acceptors (Lipinski definition) is 4. The van der Waals surface area contributed by atoms with Gasteiger partial charge in [0.1, 0.15) is 11.1 Å². The summed E-state index contributed by atoms with van der Waals surface area (Å²) in [5, 5.41) is 2.65. The molecule has 0 fully saturated rings. The zero-order valence-electron chi connectivity index (χ0n) is 14.0. The monoisotopic (exact) mass is 324 g/mol. The minimum absolute atomic E-state index is 0.185. The van der Waals surface area contributed by atoms with Gasteiger partial charge < -0.3 is 14.5 Å². The van der Waals surface area contributed by atoms with Gasteiger partial charge in [-0.05, 0) is 44.0 Å². The summed E-state index contributed by atoms with van der Waals surface area (Å²) in [6.07, 6.45) is -0.491. The van der Waals surface area contributed by atoms with Crippen molar-refractivity contribution in [3.63, 3.8) is 0 Å². The molecule has 0 spiro atoms. The van der Waals surface area contributed by atoms with Crippen LogP contribution >= 0.6 is 0 Å². The van der Waals surface area contributed by atoms with Gasteiger partial charge in [-0.1, -0.05) is 36.4 Å². The van der Waals surface area contributed by atoms with Gasteiger partial charge in [-0.2, -0.15) is 0 Å². The quantitative estimate of drug-likeness (QED) is 0.769. The van der Waals surface area contributed by atoms with Crippen LogP contribution in [0.15, 0.2) is 52.9 Å². The Kier molecular flexibility index (Phi) is 4.25. The predicted molar refractivity (Wildman–Crippen MR) is 92.5 cm³/mol. The van der Waals surface area contributed by atoms with E-state index in [4.69, 9.17) is 9.15 Å². The molecule has 0 aliphatic heterocycles. The normalized spacial score (nSPS) is 11.5. The minimum Gasteiger partial charge on any atom is -0.444 e. The molecule has 24 heavy (non-hydrogen) atoms. The van der Waals surface area contributed by atoms with Crippen molar-refractivity contribution in [2.24, 2.45) is 0 Å². The molecule has 5 heteroatoms. The van der Waals surface area contributed by atoms with E-state index in [-0.39, 0.29) is 6.54 Å². The second-order valence-corrected chi connectivity index (χ2v) is 6.51. The minimum atomic E-state index is -0.532. The lowest BCUT2D eigenvalue weighted by atomic mass is 10.1. The van der Waals surface area contributed by atoms with Gasteiger partial charge in [0.2, 0.25) is 5.89 Å². The highest BCUT2D eigenvalue weighted by molar-refractivity contribution is 5.80. The van der Waals surface area contributed by atoms with Crippen molar-refractivity contribution >= 4 is 17.2 Å². The number of rotatable bonds is 3. The van der Waals surface area contributed by atoms with E-state index in [2.05, 4.69) is 10.3 Å². The van der Waals surface area contributed by atoms with Crippen LogP contribution in [0.5, 0.6) is 0 Å². The summed E-state index contributed by atoms with van der Waals surface area (Å²) >= 11 is 0. The van der Waals surface area contributed by atoms with Gasteiger partial charge in [-0.15, -0.1) is 0 Å². The van der Waals surface area contributed by atoms with E-state index >= 15 is 0 Å². The first-order chi connectivity index (χ1) is 11.4. The summed E-state index contributed by atoms with van der Waals surface area (Å²) in [5.74, 6) is 0.445. The van der Waals surface area contributed by atoms with Gasteiger partial charge in [0.15, 0.2) is 5.58 Å². The molecule has 1 N–H and O–H groups in total. The first-order valence-electron chi connectivity index (χ1n) is 7.82. The number of nitrogens with zero attached hydrogens (tertiary/aromatic N) is 1. The van der Waals surface area contributed by atoms with Crippen molar-refractivity contribution in [3.8, 4) is 11.1 Å². The van der Waals surface area contributed by atoms with Crippen LogP contribution in [0.25, 0.3) is 22.2 Å². The Morgan fingerprint density at radius 3 is 2.58 bits per heavy atom. The van der Waals surface area contributed by atoms with E-state index in [0.717, 1.165) is 16.6 Å². The predicted octanol–water partition coefficient (Wildman–Crippen LogP) is 4.52. The first kappa shape index (κ1) is 16.1. The molecule has 0 radical (unpaired) electrons. The molecule has 0 aliphatic carbocycles. The van der Waals surface area contributed by atoms with Gasteiger partial charge >= 0.3 is 6.09 Å². The van der Waals surface area contributed by atoms with Crippen LogP contribution < -0.4 is 5.32 Å². The van der Waals surface area contributed by atoms with Gasteiger partial charge in [-0.3, -0.25) is 0 Å². The molecular formula is C19H20N2O3. The third-order valence-corrected chi connectivity index (χ3v) is 3.32. The third kappa shape index (κ3) is 3.93. The highest BCUT2D eigenvalue weighted by Gasteiger charge is 2.16. The van der Waals surface area contributed by atoms with E-state index < -0.39 is 11.7 Å². The fraction of sp³-hybridized carbons (Fsp3) is 0.263. The number of alkyl carbamates (subject to hydrolysis) is 1. The molecule has 2 aromatic carbocycles. The van der Waals surface area contributed by atoms with Crippen molar-refractivity contribution in [1.82, 2.24) is 10.3 Å². The standard InChI is InChI=1S/C19H20N2O3/c1-19(2,3)24-18(22)20-12-17-21-15-10-9-14(11-16(15)23-17)13-7-5-4-6-8-13/h4-11H,12H2,1-3H3,(H,20,22). The summed E-state index contributed by atoms with van der Waals surface area (Å²) in [6, 6.07) is 15.9. The first-order valence-corrected chi connectivity index (χ1v) is 7.82. The lowest BCUT2D eigenvalue weighted by Crippen LogP contribution is -2.32. The zero-order chi connectivity index (χ0) is 17.2. The number of carbonyl (C=O) groups excluding carboxylic acids is 1. The van der Waals surface area contributed by atoms with E-state index in [1.807, 2.05) is 69.3 Å². The summed E-state index contributed by atoms with van der Waals surface area (Å²) in [6.45, 7) is 5.63. The molecule has 0 aliphatic rings. The Morgan fingerprint density at radius 2 is 1.88 bits per heavy atom. The number of ether oxygens (including phenoxy) is 1. The number of fused-ring (bicyclic) bond motifs is 1. The van der Waals surface area contributed by atoms with Crippen LogP contribution in [0.2, 0.25) is 0 Å². The fourth-order valence-corrected chi connectivity index (χ4v) is 2.32. The summed E-state index contributed by atoms with van der Waals surface area (Å²) < 4.78 is 10.9. The Balaban J connectivity index is 1.73. The molecule has 3 rings (SSSR count). The smallest absolute Gasteiger partial charge is 0.408 e. The molecule has 0 unspecified atom stereocenters. The van der Waals surface area contributed by atoms with Crippen molar-refractivity contribution in [1.29, 1.82) is 0 Å². The van der Waals surface area contributed by atoms with Crippen molar-refractivity contribution < 1.29 is 13.9 Å². The number of amides is 1. The van der Waals surface area contributed by atoms with Crippen molar-refractivity contribution in [3.05, 3.63) is 54.4 Å². The highest BCUT2D eigenvalue weighted by atomic mass is 16.6. The van der Waals surface area contributed by atoms with Gasteiger partial charge in [-0.25, -0.2) is 9.78 Å². The van der Waals surface area contributed by atoms with Crippen LogP contribution in [0, 0.1) is 0 Å². The summed E-state index contributed by atoms with van der Waals surface area (Å²) in [5.41, 5.74) is 3.10. The Labute approximate surface area is 140 Å². The average Bonchev–Trinajstić information content (AvgIpc) is 2.94. The molecule has 5 nitrogen and oxygen atoms in total. The maximum atomic E-state index is 11.7. The zero-order valence-corrected chi connectivity index (χ0v) is 14.0. The fourth-order valence-electron chi connectivity index (χ4n) is 2.32. The van der Waals surface area contributed by atoms with E-state index in [1.54, 1.807) is 0 Å². The van der Waals surface area contributed by atoms with Crippen molar-refractivity contribution in [2.75, 3.05) is 0 Å². The maximum absolute atomic E-state index is 11.7. The topological polar surface area (TPSA) is 64.4 Å². The van der Waals surface area contributed by atoms with Crippen LogP contribution in [-0.2, 0) is 11.3 Å². The van der Waals surface area contributed by atoms with Gasteiger partial charge in [0.05, 0.1) is 6.54 Å². The second kappa shape index (κ2) is 6.35. The second-order valence-electron chi connectivity index (χ2n) is 6.51. The summed E-state index contributed by atoms with van der Waals surface area (Å²) in [4.78, 5) is 16.1. The Morgan fingerprint density at radius 1 is 1.12 bits per heavy atom. The Bertz CT molecular complexity index is 848. The van der Waals surface area contributed by atoms with Crippen LogP contribution in [0.1, 0.15) is 26.7 Å². The average molecular weight is 324 g/mol. The van der Waals surface area contributed by atoms with E-state index in [1.165, 1.54) is 0 Å². The van der Waals surface area contributed by atoms with Crippen molar-refractivity contribution in [2.45, 2.75) is 32.9 Å². The van der Waals surface area contributed by atoms with E-state index in [9.17, 15) is 4.79 Å². The van der Waals surface area contributed by atoms with E-state index in [0.29, 0.717) is 11.5 Å². The highest BCUT2D eigenvalue weighted by Crippen LogP contribution is 2.24. The van der Waals surface area contributed by atoms with Gasteiger partial charge in [0, 0.05) is 0 Å². The number of carbonyl (C=O) groups is 1. The molecule has 1 heterocycles. The summed E-state index contributed by atoms with van der Waals surface area (Å²) in [7, 11) is 0. The van der Waals surface area contributed by atoms with Crippen LogP contribution in [0.4, 0.5) is 4.79 Å². The molecule has 3 aromatic rings. The molecule has 0 atom stereocenters. The molecule has 0 saturated carbocycles. The number of oxazole rings is 1. The molecule has 1 aromatic heterocycles. The number of benzene rings is 2.